The molecule has 0 aliphatic rings. The molecule has 0 heterocycles. The fourth-order valence-corrected chi connectivity index (χ4v) is 1.64. The first kappa shape index (κ1) is 16.1. The van der Waals surface area contributed by atoms with Crippen LogP contribution in [0.1, 0.15) is 31.9 Å². The van der Waals surface area contributed by atoms with E-state index in [2.05, 4.69) is 13.8 Å². The number of hydrogen-bond acceptors (Lipinski definition) is 3. The van der Waals surface area contributed by atoms with Crippen molar-refractivity contribution in [3.63, 3.8) is 0 Å². The maximum Gasteiger partial charge on any atom is 0.161 e. The van der Waals surface area contributed by atoms with Crippen LogP contribution in [0.3, 0.4) is 0 Å². The minimum absolute atomic E-state index is 0. The number of benzene rings is 1. The van der Waals surface area contributed by atoms with Gasteiger partial charge < -0.3 is 15.2 Å². The Balaban J connectivity index is 0.00000256. The lowest BCUT2D eigenvalue weighted by atomic mass is 9.93. The zero-order valence-corrected chi connectivity index (χ0v) is 11.7. The molecule has 0 bridgehead atoms. The van der Waals surface area contributed by atoms with Crippen LogP contribution >= 0.6 is 12.4 Å². The molecule has 1 aromatic carbocycles. The monoisotopic (exact) mass is 259 g/mol. The largest absolute Gasteiger partial charge is 0.493 e. The predicted octanol–water partition coefficient (Wildman–Crippen LogP) is 3.17. The highest BCUT2D eigenvalue weighted by Crippen LogP contribution is 2.31. The summed E-state index contributed by atoms with van der Waals surface area (Å²) in [5.74, 6) is 1.93. The quantitative estimate of drug-likeness (QED) is 0.883. The van der Waals surface area contributed by atoms with Gasteiger partial charge in [0.2, 0.25) is 0 Å². The maximum atomic E-state index is 6.17. The maximum absolute atomic E-state index is 6.17. The zero-order valence-electron chi connectivity index (χ0n) is 10.9. The van der Waals surface area contributed by atoms with Crippen LogP contribution in [0.2, 0.25) is 0 Å². The van der Waals surface area contributed by atoms with E-state index in [1.165, 1.54) is 0 Å². The Bertz CT molecular complexity index is 344. The van der Waals surface area contributed by atoms with E-state index < -0.39 is 0 Å². The highest BCUT2D eigenvalue weighted by Gasteiger charge is 2.15. The molecule has 2 atom stereocenters. The van der Waals surface area contributed by atoms with Gasteiger partial charge in [-0.1, -0.05) is 26.3 Å². The smallest absolute Gasteiger partial charge is 0.161 e. The van der Waals surface area contributed by atoms with Crippen molar-refractivity contribution in [2.24, 2.45) is 11.7 Å². The molecule has 0 radical (unpaired) electrons. The normalized spacial score (nSPS) is 13.5. The van der Waals surface area contributed by atoms with Crippen LogP contribution in [-0.2, 0) is 0 Å². The van der Waals surface area contributed by atoms with E-state index in [1.54, 1.807) is 14.2 Å². The molecule has 2 N–H and O–H groups in total. The van der Waals surface area contributed by atoms with Crippen LogP contribution in [0.25, 0.3) is 0 Å². The fourth-order valence-electron chi connectivity index (χ4n) is 1.64. The zero-order chi connectivity index (χ0) is 12.1. The third-order valence-electron chi connectivity index (χ3n) is 3.05. The molecule has 0 saturated carbocycles. The van der Waals surface area contributed by atoms with E-state index in [4.69, 9.17) is 15.2 Å². The van der Waals surface area contributed by atoms with Gasteiger partial charge in [-0.05, 0) is 23.6 Å². The first-order valence-corrected chi connectivity index (χ1v) is 5.61. The van der Waals surface area contributed by atoms with Gasteiger partial charge in [-0.15, -0.1) is 12.4 Å². The standard InChI is InChI=1S/C13H21NO2.ClH/c1-5-9(2)13(14)10-6-7-11(15-3)12(8-10)16-4;/h6-9,13H,5,14H2,1-4H3;1H/t9?,13-;/m0./s1. The average molecular weight is 260 g/mol. The summed E-state index contributed by atoms with van der Waals surface area (Å²) in [5.41, 5.74) is 7.26. The SMILES string of the molecule is CCC(C)[C@H](N)c1ccc(OC)c(OC)c1.Cl. The van der Waals surface area contributed by atoms with Crippen molar-refractivity contribution in [3.8, 4) is 11.5 Å². The van der Waals surface area contributed by atoms with E-state index in [0.717, 1.165) is 23.5 Å². The Morgan fingerprint density at radius 2 is 1.76 bits per heavy atom. The Hall–Kier alpha value is -0.930. The number of nitrogens with two attached hydrogens (primary N) is 1. The van der Waals surface area contributed by atoms with Crippen molar-refractivity contribution in [1.82, 2.24) is 0 Å². The summed E-state index contributed by atoms with van der Waals surface area (Å²) in [6.45, 7) is 4.30. The second-order valence-corrected chi connectivity index (χ2v) is 4.03. The van der Waals surface area contributed by atoms with E-state index in [1.807, 2.05) is 18.2 Å². The number of halogens is 1. The van der Waals surface area contributed by atoms with Crippen LogP contribution in [0.15, 0.2) is 18.2 Å². The Morgan fingerprint density at radius 3 is 2.24 bits per heavy atom. The molecule has 1 aromatic rings. The molecular weight excluding hydrogens is 238 g/mol. The lowest BCUT2D eigenvalue weighted by Crippen LogP contribution is -2.18. The van der Waals surface area contributed by atoms with E-state index in [-0.39, 0.29) is 18.4 Å². The molecule has 0 aliphatic carbocycles. The van der Waals surface area contributed by atoms with Gasteiger partial charge in [-0.3, -0.25) is 0 Å². The van der Waals surface area contributed by atoms with Gasteiger partial charge in [-0.25, -0.2) is 0 Å². The molecule has 0 fully saturated rings. The first-order chi connectivity index (χ1) is 7.63. The minimum atomic E-state index is 0. The van der Waals surface area contributed by atoms with Crippen LogP contribution in [0.4, 0.5) is 0 Å². The molecule has 0 saturated heterocycles. The highest BCUT2D eigenvalue weighted by molar-refractivity contribution is 5.85. The summed E-state index contributed by atoms with van der Waals surface area (Å²) in [5, 5.41) is 0. The molecule has 1 rings (SSSR count). The lowest BCUT2D eigenvalue weighted by Gasteiger charge is -2.20. The van der Waals surface area contributed by atoms with Crippen molar-refractivity contribution >= 4 is 12.4 Å². The number of hydrogen-bond donors (Lipinski definition) is 1. The van der Waals surface area contributed by atoms with Gasteiger partial charge >= 0.3 is 0 Å². The summed E-state index contributed by atoms with van der Waals surface area (Å²) in [7, 11) is 3.27. The van der Waals surface area contributed by atoms with Gasteiger partial charge in [0, 0.05) is 6.04 Å². The topological polar surface area (TPSA) is 44.5 Å². The lowest BCUT2D eigenvalue weighted by molar-refractivity contribution is 0.353. The second-order valence-electron chi connectivity index (χ2n) is 4.03. The molecule has 4 heteroatoms. The van der Waals surface area contributed by atoms with E-state index in [0.29, 0.717) is 5.92 Å². The van der Waals surface area contributed by atoms with Crippen LogP contribution < -0.4 is 15.2 Å². The molecule has 0 spiro atoms. The Labute approximate surface area is 110 Å². The van der Waals surface area contributed by atoms with Gasteiger partial charge in [0.05, 0.1) is 14.2 Å². The fraction of sp³-hybridized carbons (Fsp3) is 0.538. The van der Waals surface area contributed by atoms with E-state index in [9.17, 15) is 0 Å². The van der Waals surface area contributed by atoms with Gasteiger partial charge in [-0.2, -0.15) is 0 Å². The summed E-state index contributed by atoms with van der Waals surface area (Å²) in [4.78, 5) is 0. The van der Waals surface area contributed by atoms with Crippen molar-refractivity contribution in [2.45, 2.75) is 26.3 Å². The molecule has 1 unspecified atom stereocenters. The summed E-state index contributed by atoms with van der Waals surface area (Å²) in [6, 6.07) is 5.90. The second kappa shape index (κ2) is 7.41. The first-order valence-electron chi connectivity index (χ1n) is 5.61. The third-order valence-corrected chi connectivity index (χ3v) is 3.05. The van der Waals surface area contributed by atoms with Crippen LogP contribution in [0, 0.1) is 5.92 Å². The van der Waals surface area contributed by atoms with E-state index >= 15 is 0 Å². The third kappa shape index (κ3) is 3.79. The Kier molecular flexibility index (Phi) is 7.00. The molecule has 0 amide bonds. The summed E-state index contributed by atoms with van der Waals surface area (Å²) < 4.78 is 10.5. The van der Waals surface area contributed by atoms with Gasteiger partial charge in [0.1, 0.15) is 0 Å². The van der Waals surface area contributed by atoms with Gasteiger partial charge in [0.25, 0.3) is 0 Å². The summed E-state index contributed by atoms with van der Waals surface area (Å²) in [6.07, 6.45) is 1.06. The minimum Gasteiger partial charge on any atom is -0.493 e. The molecule has 0 aromatic heterocycles. The van der Waals surface area contributed by atoms with Crippen molar-refractivity contribution in [3.05, 3.63) is 23.8 Å². The van der Waals surface area contributed by atoms with Crippen molar-refractivity contribution in [1.29, 1.82) is 0 Å². The van der Waals surface area contributed by atoms with Crippen molar-refractivity contribution in [2.75, 3.05) is 14.2 Å². The molecular formula is C13H22ClNO2. The van der Waals surface area contributed by atoms with Crippen molar-refractivity contribution < 1.29 is 9.47 Å². The molecule has 0 aliphatic heterocycles. The molecule has 98 valence electrons. The van der Waals surface area contributed by atoms with Crippen LogP contribution in [-0.4, -0.2) is 14.2 Å². The number of rotatable bonds is 5. The molecule has 17 heavy (non-hydrogen) atoms. The number of methoxy groups -OCH3 is 2. The Morgan fingerprint density at radius 1 is 1.18 bits per heavy atom. The molecule has 3 nitrogen and oxygen atoms in total. The van der Waals surface area contributed by atoms with Crippen LogP contribution in [0.5, 0.6) is 11.5 Å². The predicted molar refractivity (Wildman–Crippen MR) is 73.2 cm³/mol. The summed E-state index contributed by atoms with van der Waals surface area (Å²) >= 11 is 0. The van der Waals surface area contributed by atoms with Gasteiger partial charge in [0.15, 0.2) is 11.5 Å². The average Bonchev–Trinajstić information content (AvgIpc) is 2.35. The highest BCUT2D eigenvalue weighted by atomic mass is 35.5. The number of ether oxygens (including phenoxy) is 2.